The van der Waals surface area contributed by atoms with E-state index < -0.39 is 47.5 Å². The van der Waals surface area contributed by atoms with E-state index in [-0.39, 0.29) is 30.5 Å². The lowest BCUT2D eigenvalue weighted by Gasteiger charge is -2.39. The van der Waals surface area contributed by atoms with Crippen LogP contribution in [-0.2, 0) is 30.3 Å². The van der Waals surface area contributed by atoms with Crippen LogP contribution >= 0.6 is 15.9 Å². The second kappa shape index (κ2) is 12.3. The zero-order valence-corrected chi connectivity index (χ0v) is 25.8. The first-order valence-electron chi connectivity index (χ1n) is 14.8. The lowest BCUT2D eigenvalue weighted by atomic mass is 9.70. The highest BCUT2D eigenvalue weighted by Gasteiger charge is 2.77. The molecule has 3 unspecified atom stereocenters. The molecule has 1 N–H and O–H groups in total. The van der Waals surface area contributed by atoms with Crippen molar-refractivity contribution in [1.82, 2.24) is 4.90 Å². The summed E-state index contributed by atoms with van der Waals surface area (Å²) >= 11 is 3.69. The number of fused-ring (bicyclic) bond motifs is 2. The fourth-order valence-electron chi connectivity index (χ4n) is 7.33. The van der Waals surface area contributed by atoms with Gasteiger partial charge < -0.3 is 24.4 Å². The molecular weight excluding hydrogens is 624 g/mol. The minimum Gasteiger partial charge on any atom is -0.461 e. The van der Waals surface area contributed by atoms with Gasteiger partial charge in [-0.2, -0.15) is 0 Å². The van der Waals surface area contributed by atoms with Crippen LogP contribution in [0.4, 0.5) is 5.69 Å². The number of alkyl halides is 1. The van der Waals surface area contributed by atoms with Crippen LogP contribution in [-0.4, -0.2) is 76.2 Å². The molecule has 3 aliphatic heterocycles. The summed E-state index contributed by atoms with van der Waals surface area (Å²) < 4.78 is 12.1. The van der Waals surface area contributed by atoms with E-state index in [4.69, 9.17) is 9.47 Å². The molecule has 3 heterocycles. The van der Waals surface area contributed by atoms with Crippen molar-refractivity contribution >= 4 is 50.2 Å². The SMILES string of the molecule is C=CCOC(=O)[C@H]1[C@@H]2OC3(CC2Br)C(C(=O)N(CC=C)c2ccc4ccccc4c2)N([C@@H](CO)Cc2ccccc2)C(=O)[C@H]13. The number of carbonyl (C=O) groups is 3. The molecule has 0 aromatic heterocycles. The largest absolute Gasteiger partial charge is 0.461 e. The monoisotopic (exact) mass is 658 g/mol. The fraction of sp³-hybridized carbons (Fsp3) is 0.343. The Hall–Kier alpha value is -3.79. The first-order valence-corrected chi connectivity index (χ1v) is 15.7. The Balaban J connectivity index is 1.46. The smallest absolute Gasteiger partial charge is 0.312 e. The van der Waals surface area contributed by atoms with Crippen molar-refractivity contribution in [3.63, 3.8) is 0 Å². The van der Waals surface area contributed by atoms with E-state index in [1.54, 1.807) is 11.0 Å². The van der Waals surface area contributed by atoms with E-state index in [9.17, 15) is 19.5 Å². The summed E-state index contributed by atoms with van der Waals surface area (Å²) in [5, 5.41) is 12.7. The van der Waals surface area contributed by atoms with Crippen molar-refractivity contribution in [2.24, 2.45) is 11.8 Å². The number of ether oxygens (including phenoxy) is 2. The Morgan fingerprint density at radius 3 is 2.52 bits per heavy atom. The van der Waals surface area contributed by atoms with Crippen LogP contribution in [0.1, 0.15) is 12.0 Å². The maximum atomic E-state index is 15.0. The topological polar surface area (TPSA) is 96.4 Å². The van der Waals surface area contributed by atoms with Crippen molar-refractivity contribution in [2.45, 2.75) is 41.5 Å². The fourth-order valence-corrected chi connectivity index (χ4v) is 8.27. The molecule has 3 aliphatic rings. The van der Waals surface area contributed by atoms with Gasteiger partial charge >= 0.3 is 5.97 Å². The summed E-state index contributed by atoms with van der Waals surface area (Å²) in [5.41, 5.74) is 0.253. The highest BCUT2D eigenvalue weighted by molar-refractivity contribution is 9.09. The molecule has 0 saturated carbocycles. The molecule has 2 amide bonds. The van der Waals surface area contributed by atoms with E-state index in [0.29, 0.717) is 18.5 Å². The van der Waals surface area contributed by atoms with E-state index in [0.717, 1.165) is 16.3 Å². The van der Waals surface area contributed by atoms with Gasteiger partial charge in [0, 0.05) is 17.1 Å². The lowest BCUT2D eigenvalue weighted by molar-refractivity contribution is -0.154. The first kappa shape index (κ1) is 30.2. The van der Waals surface area contributed by atoms with Gasteiger partial charge in [-0.05, 0) is 41.3 Å². The van der Waals surface area contributed by atoms with Crippen molar-refractivity contribution in [1.29, 1.82) is 0 Å². The number of nitrogens with zero attached hydrogens (tertiary/aromatic N) is 2. The zero-order valence-electron chi connectivity index (χ0n) is 24.3. The van der Waals surface area contributed by atoms with Gasteiger partial charge in [-0.25, -0.2) is 0 Å². The zero-order chi connectivity index (χ0) is 31.0. The van der Waals surface area contributed by atoms with Gasteiger partial charge in [0.2, 0.25) is 5.91 Å². The Morgan fingerprint density at radius 1 is 1.09 bits per heavy atom. The second-order valence-electron chi connectivity index (χ2n) is 11.6. The number of rotatable bonds is 11. The van der Waals surface area contributed by atoms with E-state index >= 15 is 0 Å². The van der Waals surface area contributed by atoms with E-state index in [1.807, 2.05) is 72.8 Å². The number of amides is 2. The Labute approximate surface area is 265 Å². The van der Waals surface area contributed by atoms with Crippen molar-refractivity contribution < 1.29 is 29.0 Å². The third-order valence-electron chi connectivity index (χ3n) is 9.12. The van der Waals surface area contributed by atoms with Gasteiger partial charge in [-0.1, -0.05) is 95.3 Å². The molecule has 3 fully saturated rings. The van der Waals surface area contributed by atoms with Gasteiger partial charge in [-0.15, -0.1) is 6.58 Å². The Kier molecular flexibility index (Phi) is 8.46. The molecule has 3 saturated heterocycles. The van der Waals surface area contributed by atoms with Crippen molar-refractivity contribution in [2.75, 3.05) is 24.7 Å². The third kappa shape index (κ3) is 4.97. The second-order valence-corrected chi connectivity index (χ2v) is 12.8. The molecule has 3 aromatic rings. The lowest BCUT2D eigenvalue weighted by Crippen LogP contribution is -2.59. The molecule has 1 spiro atoms. The maximum Gasteiger partial charge on any atom is 0.312 e. The maximum absolute atomic E-state index is 15.0. The quantitative estimate of drug-likeness (QED) is 0.186. The number of benzene rings is 3. The van der Waals surface area contributed by atoms with Crippen LogP contribution in [0.5, 0.6) is 0 Å². The normalized spacial score (nSPS) is 27.6. The molecule has 2 bridgehead atoms. The highest BCUT2D eigenvalue weighted by atomic mass is 79.9. The number of likely N-dealkylation sites (tertiary alicyclic amines) is 1. The minimum absolute atomic E-state index is 0.00264. The first-order chi connectivity index (χ1) is 21.3. The predicted molar refractivity (Wildman–Crippen MR) is 171 cm³/mol. The van der Waals surface area contributed by atoms with Gasteiger partial charge in [0.05, 0.1) is 30.6 Å². The van der Waals surface area contributed by atoms with Crippen LogP contribution in [0.2, 0.25) is 0 Å². The minimum atomic E-state index is -1.30. The summed E-state index contributed by atoms with van der Waals surface area (Å²) in [6, 6.07) is 21.3. The van der Waals surface area contributed by atoms with E-state index in [1.165, 1.54) is 11.0 Å². The molecule has 3 aromatic carbocycles. The standard InChI is InChI=1S/C35H35BrN2O6/c1-3-16-37(25-15-14-23-12-8-9-13-24(23)19-25)33(41)31-35-20-27(36)30(44-35)28(34(42)43-17-4-2)29(35)32(40)38(31)26(21-39)18-22-10-6-5-7-11-22/h3-15,19,26-31,39H,1-2,16-18,20-21H2/t26-,27?,28-,29+,30-,31?,35?/m1/s1. The van der Waals surface area contributed by atoms with Crippen LogP contribution in [0.25, 0.3) is 10.8 Å². The van der Waals surface area contributed by atoms with E-state index in [2.05, 4.69) is 29.1 Å². The number of carbonyl (C=O) groups excluding carboxylic acids is 3. The Morgan fingerprint density at radius 2 is 1.82 bits per heavy atom. The van der Waals surface area contributed by atoms with Gasteiger partial charge in [-0.3, -0.25) is 14.4 Å². The molecule has 44 heavy (non-hydrogen) atoms. The van der Waals surface area contributed by atoms with Crippen molar-refractivity contribution in [3.05, 3.63) is 104 Å². The average molecular weight is 660 g/mol. The number of aliphatic hydroxyl groups is 1. The summed E-state index contributed by atoms with van der Waals surface area (Å²) in [6.07, 6.45) is 3.14. The predicted octanol–water partition coefficient (Wildman–Crippen LogP) is 4.44. The van der Waals surface area contributed by atoms with Crippen LogP contribution in [0.3, 0.4) is 0 Å². The van der Waals surface area contributed by atoms with Gasteiger partial charge in [0.1, 0.15) is 18.2 Å². The van der Waals surface area contributed by atoms with Crippen LogP contribution in [0, 0.1) is 11.8 Å². The van der Waals surface area contributed by atoms with Crippen LogP contribution < -0.4 is 4.90 Å². The van der Waals surface area contributed by atoms with Gasteiger partial charge in [0.15, 0.2) is 0 Å². The number of esters is 1. The van der Waals surface area contributed by atoms with Crippen molar-refractivity contribution in [3.8, 4) is 0 Å². The molecule has 228 valence electrons. The number of aliphatic hydroxyl groups excluding tert-OH is 1. The molecule has 0 radical (unpaired) electrons. The average Bonchev–Trinajstić information content (AvgIpc) is 3.64. The summed E-state index contributed by atoms with van der Waals surface area (Å²) in [4.78, 5) is 45.8. The molecule has 9 heteroatoms. The van der Waals surface area contributed by atoms with Gasteiger partial charge in [0.25, 0.3) is 5.91 Å². The number of hydrogen-bond donors (Lipinski definition) is 1. The number of hydrogen-bond acceptors (Lipinski definition) is 6. The highest BCUT2D eigenvalue weighted by Crippen LogP contribution is 2.61. The summed E-state index contributed by atoms with van der Waals surface area (Å²) in [5.74, 6) is -3.17. The molecule has 0 aliphatic carbocycles. The molecule has 7 atom stereocenters. The summed E-state index contributed by atoms with van der Waals surface area (Å²) in [6.45, 7) is 7.34. The number of anilines is 1. The molecular formula is C35H35BrN2O6. The summed E-state index contributed by atoms with van der Waals surface area (Å²) in [7, 11) is 0. The molecule has 6 rings (SSSR count). The third-order valence-corrected chi connectivity index (χ3v) is 9.96. The Bertz CT molecular complexity index is 1600. The van der Waals surface area contributed by atoms with Crippen LogP contribution in [0.15, 0.2) is 98.1 Å². The molecule has 8 nitrogen and oxygen atoms in total. The number of halogens is 1.